The summed E-state index contributed by atoms with van der Waals surface area (Å²) in [6, 6.07) is 49.5. The van der Waals surface area contributed by atoms with Crippen molar-refractivity contribution in [1.29, 1.82) is 0 Å². The maximum absolute atomic E-state index is 5.98. The van der Waals surface area contributed by atoms with Crippen LogP contribution in [0, 0.1) is 6.08 Å². The summed E-state index contributed by atoms with van der Waals surface area (Å²) >= 11 is 13.3. The Morgan fingerprint density at radius 2 is 1.02 bits per heavy atom. The summed E-state index contributed by atoms with van der Waals surface area (Å²) < 4.78 is 1.26. The standard InChI is InChI=1S/C33H33.C13H8Cl2.C5H5.Zr/c1-32(2,3)30-20-26-24(18-28(30)22-13-9-7-10-14-22)17-25-19-29(23-15-11-8-12-16-23)31(21-27(25)26)33(4,5)6;14-12-5-1-3-10(8-12)7-11-4-2-6-13(15)9-11;1-2-4-5-3-1;/h7-21H,1-6H3;1-6,8-9H;1-3H,4H2;/q-1;;-1;+2. The van der Waals surface area contributed by atoms with Crippen LogP contribution in [0.25, 0.3) is 43.8 Å². The Hall–Kier alpha value is -4.00. The van der Waals surface area contributed by atoms with Crippen LogP contribution in [0.5, 0.6) is 0 Å². The molecule has 0 unspecified atom stereocenters. The molecule has 3 heteroatoms. The van der Waals surface area contributed by atoms with Crippen LogP contribution in [0.2, 0.25) is 10.0 Å². The van der Waals surface area contributed by atoms with Gasteiger partial charge in [0.2, 0.25) is 0 Å². The van der Waals surface area contributed by atoms with Crippen molar-refractivity contribution in [3.8, 4) is 22.3 Å². The molecule has 0 bridgehead atoms. The van der Waals surface area contributed by atoms with Crippen LogP contribution < -0.4 is 0 Å². The van der Waals surface area contributed by atoms with Crippen molar-refractivity contribution in [3.63, 3.8) is 0 Å². The van der Waals surface area contributed by atoms with E-state index < -0.39 is 0 Å². The van der Waals surface area contributed by atoms with Gasteiger partial charge >= 0.3 is 120 Å². The van der Waals surface area contributed by atoms with Gasteiger partial charge in [-0.15, -0.1) is 46.2 Å². The van der Waals surface area contributed by atoms with Crippen LogP contribution in [0.1, 0.15) is 70.2 Å². The SMILES string of the molecule is CC(C)(C)c1cc2c(cc1-c1ccccc1)[cH-]c1cc(-c3ccccc3)c(C(C)(C)C)cc12.Clc1cccc([C](=[Zr+2])c2cccc(Cl)c2)c1.[C-]1=CC=CC1. The first-order valence-electron chi connectivity index (χ1n) is 18.4. The van der Waals surface area contributed by atoms with Gasteiger partial charge in [-0.2, -0.15) is 6.08 Å². The van der Waals surface area contributed by atoms with Crippen molar-refractivity contribution >= 4 is 48.0 Å². The second-order valence-electron chi connectivity index (χ2n) is 15.7. The van der Waals surface area contributed by atoms with Crippen LogP contribution in [-0.2, 0) is 35.1 Å². The summed E-state index contributed by atoms with van der Waals surface area (Å²) in [5, 5.41) is 6.89. The van der Waals surface area contributed by atoms with Gasteiger partial charge in [-0.3, -0.25) is 6.08 Å². The van der Waals surface area contributed by atoms with E-state index in [9.17, 15) is 0 Å². The first-order valence-corrected chi connectivity index (χ1v) is 20.4. The summed E-state index contributed by atoms with van der Waals surface area (Å²) in [7, 11) is 0. The molecule has 8 rings (SSSR count). The van der Waals surface area contributed by atoms with Crippen molar-refractivity contribution in [2.24, 2.45) is 0 Å². The van der Waals surface area contributed by atoms with E-state index in [1.165, 1.54) is 82.4 Å². The third-order valence-corrected chi connectivity index (χ3v) is 11.5. The maximum Gasteiger partial charge on any atom is -0.109 e. The van der Waals surface area contributed by atoms with E-state index >= 15 is 0 Å². The van der Waals surface area contributed by atoms with Crippen LogP contribution >= 0.6 is 23.2 Å². The molecule has 0 saturated carbocycles. The molecule has 1 aliphatic rings. The van der Waals surface area contributed by atoms with E-state index in [4.69, 9.17) is 23.2 Å². The molecule has 0 heterocycles. The number of hydrogen-bond acceptors (Lipinski definition) is 0. The maximum atomic E-state index is 5.98. The molecule has 0 spiro atoms. The van der Waals surface area contributed by atoms with Crippen LogP contribution in [-0.4, -0.2) is 3.21 Å². The van der Waals surface area contributed by atoms with E-state index in [1.807, 2.05) is 48.6 Å². The second kappa shape index (κ2) is 17.2. The predicted octanol–water partition coefficient (Wildman–Crippen LogP) is 15.1. The minimum Gasteiger partial charge on any atom is -0.273 e. The van der Waals surface area contributed by atoms with Gasteiger partial charge in [0, 0.05) is 0 Å². The molecule has 0 saturated heterocycles. The summed E-state index contributed by atoms with van der Waals surface area (Å²) in [5.74, 6) is 0. The molecule has 7 aromatic carbocycles. The minimum absolute atomic E-state index is 0.0554. The zero-order valence-corrected chi connectivity index (χ0v) is 35.9. The summed E-state index contributed by atoms with van der Waals surface area (Å²) in [6.45, 7) is 13.9. The molecule has 0 N–H and O–H groups in total. The fourth-order valence-electron chi connectivity index (χ4n) is 6.85. The Kier molecular flexibility index (Phi) is 12.6. The number of rotatable bonds is 4. The molecular weight excluding hydrogens is 775 g/mol. The third-order valence-electron chi connectivity index (χ3n) is 9.58. The minimum atomic E-state index is 0.0554. The molecule has 0 atom stereocenters. The molecule has 0 radical (unpaired) electrons. The first kappa shape index (κ1) is 39.7. The van der Waals surface area contributed by atoms with Crippen molar-refractivity contribution in [2.45, 2.75) is 58.8 Å². The fraction of sp³-hybridized carbons (Fsp3) is 0.176. The van der Waals surface area contributed by atoms with Crippen molar-refractivity contribution in [2.75, 3.05) is 0 Å². The van der Waals surface area contributed by atoms with Crippen molar-refractivity contribution in [1.82, 2.24) is 0 Å². The molecule has 0 aromatic heterocycles. The van der Waals surface area contributed by atoms with Crippen molar-refractivity contribution < 1.29 is 24.2 Å². The Labute approximate surface area is 346 Å². The van der Waals surface area contributed by atoms with Crippen LogP contribution in [0.4, 0.5) is 0 Å². The molecule has 0 amide bonds. The molecule has 0 fully saturated rings. The Bertz CT molecular complexity index is 2280. The Balaban J connectivity index is 0.000000195. The fourth-order valence-corrected chi connectivity index (χ4v) is 8.00. The number of fused-ring (bicyclic) bond motifs is 3. The zero-order valence-electron chi connectivity index (χ0n) is 32.0. The molecule has 54 heavy (non-hydrogen) atoms. The first-order chi connectivity index (χ1) is 25.8. The van der Waals surface area contributed by atoms with Crippen LogP contribution in [0.3, 0.4) is 0 Å². The molecule has 1 aliphatic carbocycles. The van der Waals surface area contributed by atoms with E-state index in [2.05, 4.69) is 157 Å². The average Bonchev–Trinajstić information content (AvgIpc) is 3.86. The van der Waals surface area contributed by atoms with Gasteiger partial charge in [0.05, 0.1) is 0 Å². The summed E-state index contributed by atoms with van der Waals surface area (Å²) in [6.07, 6.45) is 10.0. The quantitative estimate of drug-likeness (QED) is 0.155. The normalized spacial score (nSPS) is 12.3. The summed E-state index contributed by atoms with van der Waals surface area (Å²) in [4.78, 5) is 0. The smallest absolute Gasteiger partial charge is 0.109 e. The second-order valence-corrected chi connectivity index (χ2v) is 17.8. The van der Waals surface area contributed by atoms with Crippen molar-refractivity contribution in [3.05, 3.63) is 196 Å². The largest absolute Gasteiger partial charge is 0.273 e. The van der Waals surface area contributed by atoms with Gasteiger partial charge in [-0.1, -0.05) is 114 Å². The molecule has 7 aromatic rings. The third kappa shape index (κ3) is 9.62. The summed E-state index contributed by atoms with van der Waals surface area (Å²) in [5.41, 5.74) is 10.5. The molecule has 0 nitrogen and oxygen atoms in total. The van der Waals surface area contributed by atoms with Gasteiger partial charge < -0.3 is 0 Å². The van der Waals surface area contributed by atoms with E-state index in [1.54, 1.807) is 0 Å². The number of allylic oxidation sites excluding steroid dienone is 4. The van der Waals surface area contributed by atoms with Crippen LogP contribution in [0.15, 0.2) is 158 Å². The van der Waals surface area contributed by atoms with Gasteiger partial charge in [-0.25, -0.2) is 12.2 Å². The zero-order chi connectivity index (χ0) is 38.5. The topological polar surface area (TPSA) is 0 Å². The number of halogens is 2. The van der Waals surface area contributed by atoms with Gasteiger partial charge in [-0.05, 0) is 44.2 Å². The predicted molar refractivity (Wildman–Crippen MR) is 233 cm³/mol. The Morgan fingerprint density at radius 1 is 0.574 bits per heavy atom. The average molecular weight is 821 g/mol. The van der Waals surface area contributed by atoms with Gasteiger partial charge in [0.15, 0.2) is 0 Å². The van der Waals surface area contributed by atoms with E-state index in [0.29, 0.717) is 0 Å². The molecule has 0 aliphatic heterocycles. The number of benzene rings is 6. The monoisotopic (exact) mass is 818 g/mol. The molecule has 268 valence electrons. The Morgan fingerprint density at radius 3 is 1.35 bits per heavy atom. The van der Waals surface area contributed by atoms with E-state index in [-0.39, 0.29) is 10.8 Å². The van der Waals surface area contributed by atoms with Gasteiger partial charge in [0.1, 0.15) is 0 Å². The van der Waals surface area contributed by atoms with Gasteiger partial charge in [0.25, 0.3) is 0 Å². The number of hydrogen-bond donors (Lipinski definition) is 0. The molecular formula is C51H46Cl2Zr. The van der Waals surface area contributed by atoms with E-state index in [0.717, 1.165) is 27.6 Å².